The van der Waals surface area contributed by atoms with Gasteiger partial charge in [-0.15, -0.1) is 0 Å². The van der Waals surface area contributed by atoms with Gasteiger partial charge in [0.2, 0.25) is 0 Å². The summed E-state index contributed by atoms with van der Waals surface area (Å²) in [6, 6.07) is 11.8. The Balaban J connectivity index is 0.00000199. The van der Waals surface area contributed by atoms with Gasteiger partial charge in [0.05, 0.1) is 5.56 Å². The van der Waals surface area contributed by atoms with Gasteiger partial charge in [0.15, 0.2) is 0 Å². The molecular weight excluding hydrogens is 415 g/mol. The summed E-state index contributed by atoms with van der Waals surface area (Å²) in [6.45, 7) is 12.4. The topological polar surface area (TPSA) is 0 Å². The molecule has 0 bridgehead atoms. The van der Waals surface area contributed by atoms with Crippen LogP contribution in [0.4, 0.5) is 4.39 Å². The van der Waals surface area contributed by atoms with Crippen LogP contribution in [-0.4, -0.2) is 0 Å². The summed E-state index contributed by atoms with van der Waals surface area (Å²) in [5.74, 6) is 12.4. The largest absolute Gasteiger partial charge is 0.205 e. The van der Waals surface area contributed by atoms with Crippen LogP contribution in [0.1, 0.15) is 94.5 Å². The molecule has 0 nitrogen and oxygen atoms in total. The zero-order valence-corrected chi connectivity index (χ0v) is 21.6. The van der Waals surface area contributed by atoms with Gasteiger partial charge < -0.3 is 0 Å². The Labute approximate surface area is 206 Å². The lowest BCUT2D eigenvalue weighted by atomic mass is 9.95. The third-order valence-corrected chi connectivity index (χ3v) is 5.76. The van der Waals surface area contributed by atoms with Crippen molar-refractivity contribution in [3.63, 3.8) is 0 Å². The first-order valence-corrected chi connectivity index (χ1v) is 12.5. The Hall–Kier alpha value is -3.29. The number of aryl methyl sites for hydroxylation is 1. The van der Waals surface area contributed by atoms with Crippen molar-refractivity contribution >= 4 is 5.57 Å². The summed E-state index contributed by atoms with van der Waals surface area (Å²) in [6.07, 6.45) is 11.0. The lowest BCUT2D eigenvalue weighted by Gasteiger charge is -2.09. The second-order valence-electron chi connectivity index (χ2n) is 8.25. The van der Waals surface area contributed by atoms with Crippen molar-refractivity contribution < 1.29 is 4.39 Å². The number of hydrogen-bond acceptors (Lipinski definition) is 0. The first-order valence-electron chi connectivity index (χ1n) is 12.5. The SMILES string of the molecule is CC.CC/C(C)=C\C=C(\C#Cc1ccc(C#Cc2ccc(C)cc2)c(C2=CCCC2)c1F)CC. The van der Waals surface area contributed by atoms with Crippen LogP contribution in [-0.2, 0) is 0 Å². The Bertz CT molecular complexity index is 1180. The summed E-state index contributed by atoms with van der Waals surface area (Å²) in [5.41, 5.74) is 7.27. The van der Waals surface area contributed by atoms with E-state index in [-0.39, 0.29) is 5.82 Å². The molecule has 0 fully saturated rings. The third-order valence-electron chi connectivity index (χ3n) is 5.76. The smallest absolute Gasteiger partial charge is 0.147 e. The molecule has 0 heterocycles. The van der Waals surface area contributed by atoms with E-state index in [1.165, 1.54) is 11.1 Å². The second-order valence-corrected chi connectivity index (χ2v) is 8.25. The van der Waals surface area contributed by atoms with Gasteiger partial charge >= 0.3 is 0 Å². The first-order chi connectivity index (χ1) is 16.5. The van der Waals surface area contributed by atoms with Crippen molar-refractivity contribution in [2.75, 3.05) is 0 Å². The van der Waals surface area contributed by atoms with Gasteiger partial charge in [-0.05, 0) is 75.8 Å². The van der Waals surface area contributed by atoms with E-state index in [4.69, 9.17) is 0 Å². The van der Waals surface area contributed by atoms with Crippen molar-refractivity contribution in [1.29, 1.82) is 0 Å². The first kappa shape index (κ1) is 27.0. The minimum absolute atomic E-state index is 0.253. The number of allylic oxidation sites excluding steroid dienone is 6. The van der Waals surface area contributed by atoms with Crippen LogP contribution in [0.5, 0.6) is 0 Å². The van der Waals surface area contributed by atoms with E-state index in [0.29, 0.717) is 11.1 Å². The molecule has 1 aliphatic carbocycles. The molecule has 3 rings (SSSR count). The van der Waals surface area contributed by atoms with Crippen molar-refractivity contribution in [3.05, 3.63) is 99.4 Å². The average molecular weight is 453 g/mol. The van der Waals surface area contributed by atoms with Crippen LogP contribution in [0.25, 0.3) is 5.57 Å². The molecule has 0 saturated carbocycles. The molecule has 0 aliphatic heterocycles. The van der Waals surface area contributed by atoms with Crippen molar-refractivity contribution in [2.45, 2.75) is 73.6 Å². The number of hydrogen-bond donors (Lipinski definition) is 0. The summed E-state index contributed by atoms with van der Waals surface area (Å²) in [5, 5.41) is 0. The summed E-state index contributed by atoms with van der Waals surface area (Å²) in [4.78, 5) is 0. The van der Waals surface area contributed by atoms with Gasteiger partial charge in [0.1, 0.15) is 5.82 Å². The highest BCUT2D eigenvalue weighted by atomic mass is 19.1. The molecule has 176 valence electrons. The lowest BCUT2D eigenvalue weighted by Crippen LogP contribution is -1.97. The van der Waals surface area contributed by atoms with E-state index >= 15 is 4.39 Å². The maximum absolute atomic E-state index is 15.6. The molecule has 0 N–H and O–H groups in total. The number of rotatable bonds is 4. The van der Waals surface area contributed by atoms with Gasteiger partial charge in [-0.1, -0.05) is 92.9 Å². The van der Waals surface area contributed by atoms with E-state index in [0.717, 1.165) is 54.4 Å². The molecule has 0 spiro atoms. The predicted molar refractivity (Wildman–Crippen MR) is 146 cm³/mol. The lowest BCUT2D eigenvalue weighted by molar-refractivity contribution is 0.619. The van der Waals surface area contributed by atoms with Crippen LogP contribution in [0, 0.1) is 36.4 Å². The fourth-order valence-electron chi connectivity index (χ4n) is 3.52. The molecule has 0 unspecified atom stereocenters. The standard InChI is InChI=1S/C31H31F.C2H6/c1-5-23(3)11-14-25(6-2)17-20-29-22-21-28(19-18-26-15-12-24(4)13-16-26)30(31(29)32)27-9-7-8-10-27;1-2/h9,11-16,21-22H,5-8,10H2,1-4H3;1-2H3/b23-11-,25-14+;. The summed E-state index contributed by atoms with van der Waals surface area (Å²) in [7, 11) is 0. The zero-order valence-electron chi connectivity index (χ0n) is 21.6. The minimum atomic E-state index is -0.253. The van der Waals surface area contributed by atoms with E-state index in [9.17, 15) is 0 Å². The zero-order chi connectivity index (χ0) is 24.9. The van der Waals surface area contributed by atoms with Crippen molar-refractivity contribution in [3.8, 4) is 23.7 Å². The minimum Gasteiger partial charge on any atom is -0.205 e. The fourth-order valence-corrected chi connectivity index (χ4v) is 3.52. The maximum atomic E-state index is 15.6. The Morgan fingerprint density at radius 2 is 1.62 bits per heavy atom. The van der Waals surface area contributed by atoms with Crippen molar-refractivity contribution in [2.24, 2.45) is 0 Å². The molecule has 0 amide bonds. The molecule has 2 aromatic rings. The van der Waals surface area contributed by atoms with Crippen LogP contribution in [0.3, 0.4) is 0 Å². The molecule has 1 heteroatoms. The monoisotopic (exact) mass is 452 g/mol. The molecule has 0 saturated heterocycles. The number of halogens is 1. The van der Waals surface area contributed by atoms with Gasteiger partial charge in [-0.3, -0.25) is 0 Å². The van der Waals surface area contributed by atoms with Crippen LogP contribution >= 0.6 is 0 Å². The highest BCUT2D eigenvalue weighted by Gasteiger charge is 2.18. The van der Waals surface area contributed by atoms with Gasteiger partial charge in [-0.2, -0.15) is 0 Å². The molecule has 2 aromatic carbocycles. The normalized spacial score (nSPS) is 13.1. The summed E-state index contributed by atoms with van der Waals surface area (Å²) < 4.78 is 15.6. The molecule has 1 aliphatic rings. The third kappa shape index (κ3) is 7.64. The van der Waals surface area contributed by atoms with Crippen LogP contribution in [0.15, 0.2) is 65.8 Å². The quantitative estimate of drug-likeness (QED) is 0.320. The van der Waals surface area contributed by atoms with Gasteiger partial charge in [-0.25, -0.2) is 4.39 Å². The molecule has 34 heavy (non-hydrogen) atoms. The highest BCUT2D eigenvalue weighted by molar-refractivity contribution is 5.74. The Morgan fingerprint density at radius 1 is 0.912 bits per heavy atom. The van der Waals surface area contributed by atoms with Crippen LogP contribution in [0.2, 0.25) is 0 Å². The van der Waals surface area contributed by atoms with E-state index in [1.54, 1.807) is 6.07 Å². The number of benzene rings is 2. The predicted octanol–water partition coefficient (Wildman–Crippen LogP) is 9.17. The fraction of sp³-hybridized carbons (Fsp3) is 0.333. The van der Waals surface area contributed by atoms with Gasteiger partial charge in [0, 0.05) is 22.3 Å². The molecule has 0 radical (unpaired) electrons. The van der Waals surface area contributed by atoms with Crippen molar-refractivity contribution in [1.82, 2.24) is 0 Å². The second kappa shape index (κ2) is 14.1. The van der Waals surface area contributed by atoms with Crippen LogP contribution < -0.4 is 0 Å². The average Bonchev–Trinajstić information content (AvgIpc) is 3.40. The van der Waals surface area contributed by atoms with E-state index in [1.807, 2.05) is 50.3 Å². The Kier molecular flexibility index (Phi) is 11.2. The van der Waals surface area contributed by atoms with Gasteiger partial charge in [0.25, 0.3) is 0 Å². The summed E-state index contributed by atoms with van der Waals surface area (Å²) >= 11 is 0. The molecule has 0 aromatic heterocycles. The van der Waals surface area contributed by atoms with E-state index < -0.39 is 0 Å². The molecule has 0 atom stereocenters. The highest BCUT2D eigenvalue weighted by Crippen LogP contribution is 2.33. The Morgan fingerprint density at radius 3 is 2.24 bits per heavy atom. The maximum Gasteiger partial charge on any atom is 0.147 e. The van der Waals surface area contributed by atoms with E-state index in [2.05, 4.69) is 63.5 Å². The molecular formula is C33H37F.